The molecule has 4 nitrogen and oxygen atoms in total. The monoisotopic (exact) mass is 288 g/mol. The summed E-state index contributed by atoms with van der Waals surface area (Å²) in [4.78, 5) is 27.0. The molecule has 0 aliphatic carbocycles. The van der Waals surface area contributed by atoms with E-state index in [1.54, 1.807) is 21.6 Å². The van der Waals surface area contributed by atoms with Gasteiger partial charge in [0.15, 0.2) is 0 Å². The smallest absolute Gasteiger partial charge is 0.223 e. The molecule has 6 heteroatoms. The molecule has 102 valence electrons. The number of nitrogens with zero attached hydrogens (tertiary/aromatic N) is 2. The number of carbonyl (C=O) groups excluding carboxylic acids is 2. The largest absolute Gasteiger partial charge is 0.342 e. The van der Waals surface area contributed by atoms with Crippen molar-refractivity contribution in [1.29, 1.82) is 0 Å². The highest BCUT2D eigenvalue weighted by atomic mass is 33.1. The van der Waals surface area contributed by atoms with Crippen LogP contribution < -0.4 is 0 Å². The van der Waals surface area contributed by atoms with Crippen LogP contribution in [0, 0.1) is 0 Å². The summed E-state index contributed by atoms with van der Waals surface area (Å²) in [5, 5.41) is 0.793. The molecule has 2 aliphatic rings. The summed E-state index contributed by atoms with van der Waals surface area (Å²) < 4.78 is 0. The van der Waals surface area contributed by atoms with Crippen molar-refractivity contribution < 1.29 is 9.59 Å². The second kappa shape index (κ2) is 6.19. The average Bonchev–Trinajstić information content (AvgIpc) is 2.89. The van der Waals surface area contributed by atoms with Crippen LogP contribution in [0.3, 0.4) is 0 Å². The zero-order valence-corrected chi connectivity index (χ0v) is 12.6. The Hall–Kier alpha value is -0.360. The Balaban J connectivity index is 1.73. The van der Waals surface area contributed by atoms with Crippen molar-refractivity contribution in [2.24, 2.45) is 0 Å². The van der Waals surface area contributed by atoms with Crippen LogP contribution in [-0.4, -0.2) is 58.3 Å². The van der Waals surface area contributed by atoms with Gasteiger partial charge in [0.05, 0.1) is 0 Å². The van der Waals surface area contributed by atoms with E-state index < -0.39 is 0 Å². The van der Waals surface area contributed by atoms with E-state index in [0.717, 1.165) is 26.2 Å². The van der Waals surface area contributed by atoms with E-state index in [9.17, 15) is 9.59 Å². The molecule has 2 saturated heterocycles. The fourth-order valence-corrected chi connectivity index (χ4v) is 5.30. The Morgan fingerprint density at radius 3 is 1.61 bits per heavy atom. The molecule has 0 spiro atoms. The maximum atomic E-state index is 11.6. The summed E-state index contributed by atoms with van der Waals surface area (Å²) in [7, 11) is 3.59. The lowest BCUT2D eigenvalue weighted by molar-refractivity contribution is -0.128. The number of carbonyl (C=O) groups is 2. The zero-order valence-electron chi connectivity index (χ0n) is 10.9. The third kappa shape index (κ3) is 3.15. The van der Waals surface area contributed by atoms with Gasteiger partial charge in [0, 0.05) is 49.5 Å². The summed E-state index contributed by atoms with van der Waals surface area (Å²) in [6.07, 6.45) is 1.31. The average molecular weight is 288 g/mol. The van der Waals surface area contributed by atoms with Gasteiger partial charge in [0.2, 0.25) is 11.8 Å². The lowest BCUT2D eigenvalue weighted by Gasteiger charge is -2.15. The zero-order chi connectivity index (χ0) is 13.1. The van der Waals surface area contributed by atoms with Gasteiger partial charge < -0.3 is 9.80 Å². The van der Waals surface area contributed by atoms with Crippen molar-refractivity contribution in [2.75, 3.05) is 26.2 Å². The highest BCUT2D eigenvalue weighted by Gasteiger charge is 2.33. The Labute approximate surface area is 116 Å². The Morgan fingerprint density at radius 2 is 1.33 bits per heavy atom. The van der Waals surface area contributed by atoms with Gasteiger partial charge in [0.1, 0.15) is 0 Å². The van der Waals surface area contributed by atoms with Crippen molar-refractivity contribution in [3.05, 3.63) is 0 Å². The van der Waals surface area contributed by atoms with Gasteiger partial charge in [-0.2, -0.15) is 0 Å². The standard InChI is InChI=1S/C12H20N2O2S2/c1-3-13-7-9(5-11(13)15)17-18-10-6-12(16)14(4-2)8-10/h9-10H,3-8H2,1-2H3. The Bertz CT molecular complexity index is 306. The minimum Gasteiger partial charge on any atom is -0.342 e. The molecule has 2 amide bonds. The van der Waals surface area contributed by atoms with E-state index in [2.05, 4.69) is 0 Å². The molecule has 2 aliphatic heterocycles. The van der Waals surface area contributed by atoms with Crippen molar-refractivity contribution in [3.63, 3.8) is 0 Å². The summed E-state index contributed by atoms with van der Waals surface area (Å²) in [6, 6.07) is 0. The maximum absolute atomic E-state index is 11.6. The lowest BCUT2D eigenvalue weighted by Crippen LogP contribution is -2.25. The predicted octanol–water partition coefficient (Wildman–Crippen LogP) is 1.61. The molecule has 2 atom stereocenters. The predicted molar refractivity (Wildman–Crippen MR) is 76.5 cm³/mol. The minimum atomic E-state index is 0.272. The van der Waals surface area contributed by atoms with Crippen LogP contribution in [-0.2, 0) is 9.59 Å². The van der Waals surface area contributed by atoms with Crippen LogP contribution in [0.4, 0.5) is 0 Å². The molecule has 2 heterocycles. The third-order valence-corrected chi connectivity index (χ3v) is 6.70. The summed E-state index contributed by atoms with van der Waals surface area (Å²) in [5.41, 5.74) is 0. The maximum Gasteiger partial charge on any atom is 0.223 e. The quantitative estimate of drug-likeness (QED) is 0.721. The van der Waals surface area contributed by atoms with Gasteiger partial charge >= 0.3 is 0 Å². The molecule has 0 aromatic rings. The number of rotatable bonds is 5. The van der Waals surface area contributed by atoms with Crippen molar-refractivity contribution in [3.8, 4) is 0 Å². The molecule has 0 N–H and O–H groups in total. The highest BCUT2D eigenvalue weighted by molar-refractivity contribution is 8.77. The molecule has 18 heavy (non-hydrogen) atoms. The molecule has 0 aromatic carbocycles. The highest BCUT2D eigenvalue weighted by Crippen LogP contribution is 2.39. The first-order valence-electron chi connectivity index (χ1n) is 6.51. The van der Waals surface area contributed by atoms with Crippen LogP contribution in [0.5, 0.6) is 0 Å². The lowest BCUT2D eigenvalue weighted by atomic mass is 10.4. The second-order valence-corrected chi connectivity index (χ2v) is 7.58. The van der Waals surface area contributed by atoms with Gasteiger partial charge in [0.25, 0.3) is 0 Å². The molecular weight excluding hydrogens is 268 g/mol. The number of hydrogen-bond acceptors (Lipinski definition) is 4. The normalized spacial score (nSPS) is 28.6. The second-order valence-electron chi connectivity index (χ2n) is 4.71. The first-order chi connectivity index (χ1) is 8.63. The molecule has 2 rings (SSSR count). The fraction of sp³-hybridized carbons (Fsp3) is 0.833. The molecular formula is C12H20N2O2S2. The molecule has 0 radical (unpaired) electrons. The molecule has 0 saturated carbocycles. The SMILES string of the molecule is CCN1CC(SSC2CC(=O)N(CC)C2)CC1=O. The molecule has 2 unspecified atom stereocenters. The summed E-state index contributed by atoms with van der Waals surface area (Å²) in [6.45, 7) is 7.40. The van der Waals surface area contributed by atoms with E-state index >= 15 is 0 Å². The summed E-state index contributed by atoms with van der Waals surface area (Å²) >= 11 is 0. The number of hydrogen-bond donors (Lipinski definition) is 0. The summed E-state index contributed by atoms with van der Waals surface area (Å²) in [5.74, 6) is 0.543. The molecule has 2 fully saturated rings. The van der Waals surface area contributed by atoms with Gasteiger partial charge in [-0.15, -0.1) is 0 Å². The van der Waals surface area contributed by atoms with Gasteiger partial charge in [-0.25, -0.2) is 0 Å². The number of likely N-dealkylation sites (tertiary alicyclic amines) is 2. The molecule has 0 bridgehead atoms. The van der Waals surface area contributed by atoms with E-state index in [1.165, 1.54) is 0 Å². The van der Waals surface area contributed by atoms with Crippen molar-refractivity contribution >= 4 is 33.4 Å². The van der Waals surface area contributed by atoms with E-state index in [4.69, 9.17) is 0 Å². The van der Waals surface area contributed by atoms with Crippen LogP contribution >= 0.6 is 21.6 Å². The first-order valence-corrected chi connectivity index (χ1v) is 8.79. The van der Waals surface area contributed by atoms with Crippen LogP contribution in [0.25, 0.3) is 0 Å². The van der Waals surface area contributed by atoms with E-state index in [0.29, 0.717) is 23.3 Å². The Morgan fingerprint density at radius 1 is 0.944 bits per heavy atom. The Kier molecular flexibility index (Phi) is 4.84. The van der Waals surface area contributed by atoms with Crippen LogP contribution in [0.1, 0.15) is 26.7 Å². The third-order valence-electron chi connectivity index (χ3n) is 3.45. The van der Waals surface area contributed by atoms with Crippen LogP contribution in [0.15, 0.2) is 0 Å². The van der Waals surface area contributed by atoms with E-state index in [-0.39, 0.29) is 11.8 Å². The van der Waals surface area contributed by atoms with Gasteiger partial charge in [-0.05, 0) is 13.8 Å². The fourth-order valence-electron chi connectivity index (χ4n) is 2.37. The topological polar surface area (TPSA) is 40.6 Å². The minimum absolute atomic E-state index is 0.272. The van der Waals surface area contributed by atoms with Crippen molar-refractivity contribution in [2.45, 2.75) is 37.2 Å². The first kappa shape index (κ1) is 14.1. The van der Waals surface area contributed by atoms with Crippen LogP contribution in [0.2, 0.25) is 0 Å². The molecule has 0 aromatic heterocycles. The van der Waals surface area contributed by atoms with Gasteiger partial charge in [-0.1, -0.05) is 21.6 Å². The van der Waals surface area contributed by atoms with Gasteiger partial charge in [-0.3, -0.25) is 9.59 Å². The van der Waals surface area contributed by atoms with Crippen molar-refractivity contribution in [1.82, 2.24) is 9.80 Å². The van der Waals surface area contributed by atoms with E-state index in [1.807, 2.05) is 23.6 Å². The number of amides is 2.